The van der Waals surface area contributed by atoms with Crippen LogP contribution in [0.15, 0.2) is 18.2 Å². The van der Waals surface area contributed by atoms with Crippen molar-refractivity contribution in [3.8, 4) is 0 Å². The summed E-state index contributed by atoms with van der Waals surface area (Å²) in [5.74, 6) is -1.06. The molecule has 0 aromatic heterocycles. The van der Waals surface area contributed by atoms with E-state index in [9.17, 15) is 8.78 Å². The van der Waals surface area contributed by atoms with Crippen molar-refractivity contribution in [1.82, 2.24) is 5.32 Å². The molecule has 118 valence electrons. The van der Waals surface area contributed by atoms with Gasteiger partial charge in [-0.2, -0.15) is 0 Å². The number of benzene rings is 1. The summed E-state index contributed by atoms with van der Waals surface area (Å²) in [7, 11) is 1.66. The maximum Gasteiger partial charge on any atom is 0.126 e. The molecule has 2 rings (SSSR count). The van der Waals surface area contributed by atoms with Crippen molar-refractivity contribution in [2.24, 2.45) is 5.41 Å². The molecule has 0 spiro atoms. The Labute approximate surface area is 124 Å². The Hall–Kier alpha value is -1.04. The van der Waals surface area contributed by atoms with Crippen LogP contribution in [0, 0.1) is 17.0 Å². The summed E-state index contributed by atoms with van der Waals surface area (Å²) in [6, 6.07) is 3.72. The second-order valence-corrected chi connectivity index (χ2v) is 5.75. The van der Waals surface area contributed by atoms with E-state index in [4.69, 9.17) is 9.47 Å². The molecule has 21 heavy (non-hydrogen) atoms. The van der Waals surface area contributed by atoms with Crippen LogP contribution in [0.1, 0.15) is 18.9 Å². The topological polar surface area (TPSA) is 30.5 Å². The van der Waals surface area contributed by atoms with Crippen LogP contribution in [0.3, 0.4) is 0 Å². The van der Waals surface area contributed by atoms with Crippen LogP contribution in [-0.4, -0.2) is 39.5 Å². The van der Waals surface area contributed by atoms with Gasteiger partial charge in [-0.15, -0.1) is 0 Å². The van der Waals surface area contributed by atoms with Gasteiger partial charge >= 0.3 is 0 Å². The lowest BCUT2D eigenvalue weighted by Crippen LogP contribution is -2.42. The fraction of sp³-hybridized carbons (Fsp3) is 0.625. The summed E-state index contributed by atoms with van der Waals surface area (Å²) < 4.78 is 37.5. The third kappa shape index (κ3) is 4.22. The fourth-order valence-corrected chi connectivity index (χ4v) is 2.98. The molecule has 0 radical (unpaired) electrons. The highest BCUT2D eigenvalue weighted by molar-refractivity contribution is 5.20. The molecule has 1 aliphatic rings. The number of hydrogen-bond donors (Lipinski definition) is 1. The third-order valence-electron chi connectivity index (χ3n) is 4.27. The number of hydrogen-bond acceptors (Lipinski definition) is 3. The summed E-state index contributed by atoms with van der Waals surface area (Å²) >= 11 is 0. The molecule has 0 aliphatic carbocycles. The molecule has 1 N–H and O–H groups in total. The Morgan fingerprint density at radius 3 is 2.62 bits per heavy atom. The normalized spacial score (nSPS) is 25.4. The summed E-state index contributed by atoms with van der Waals surface area (Å²) in [5, 5.41) is 3.36. The van der Waals surface area contributed by atoms with Gasteiger partial charge in [-0.25, -0.2) is 8.78 Å². The molecule has 1 aliphatic heterocycles. The van der Waals surface area contributed by atoms with Crippen molar-refractivity contribution in [3.63, 3.8) is 0 Å². The minimum absolute atomic E-state index is 0.0545. The zero-order valence-corrected chi connectivity index (χ0v) is 12.6. The third-order valence-corrected chi connectivity index (χ3v) is 4.27. The van der Waals surface area contributed by atoms with Gasteiger partial charge in [0, 0.05) is 38.3 Å². The van der Waals surface area contributed by atoms with Gasteiger partial charge in [0.2, 0.25) is 0 Å². The van der Waals surface area contributed by atoms with E-state index in [1.165, 1.54) is 12.1 Å². The van der Waals surface area contributed by atoms with Crippen LogP contribution >= 0.6 is 0 Å². The van der Waals surface area contributed by atoms with Gasteiger partial charge in [0.1, 0.15) is 11.6 Å². The van der Waals surface area contributed by atoms with Crippen LogP contribution < -0.4 is 5.32 Å². The standard InChI is InChI=1S/C16H23F2NO2/c1-12-16(3-5-21-12,11-19-4-6-20-2)10-13-7-14(17)9-15(18)8-13/h7-9,12,19H,3-6,10-11H2,1-2H3. The van der Waals surface area contributed by atoms with Gasteiger partial charge in [0.15, 0.2) is 0 Å². The predicted molar refractivity (Wildman–Crippen MR) is 77.3 cm³/mol. The smallest absolute Gasteiger partial charge is 0.126 e. The lowest BCUT2D eigenvalue weighted by Gasteiger charge is -2.33. The van der Waals surface area contributed by atoms with E-state index in [1.807, 2.05) is 6.92 Å². The van der Waals surface area contributed by atoms with Crippen molar-refractivity contribution in [2.75, 3.05) is 33.4 Å². The maximum absolute atomic E-state index is 13.4. The van der Waals surface area contributed by atoms with Crippen LogP contribution in [-0.2, 0) is 15.9 Å². The van der Waals surface area contributed by atoms with Gasteiger partial charge in [-0.05, 0) is 37.5 Å². The number of nitrogens with one attached hydrogen (secondary N) is 1. The van der Waals surface area contributed by atoms with E-state index in [1.54, 1.807) is 7.11 Å². The first-order valence-electron chi connectivity index (χ1n) is 7.32. The lowest BCUT2D eigenvalue weighted by molar-refractivity contribution is 0.0619. The SMILES string of the molecule is COCCNCC1(Cc2cc(F)cc(F)c2)CCOC1C. The molecule has 1 fully saturated rings. The van der Waals surface area contributed by atoms with E-state index in [0.717, 1.165) is 25.6 Å². The van der Waals surface area contributed by atoms with E-state index >= 15 is 0 Å². The van der Waals surface area contributed by atoms with Crippen molar-refractivity contribution in [2.45, 2.75) is 25.9 Å². The minimum Gasteiger partial charge on any atom is -0.383 e. The maximum atomic E-state index is 13.4. The second-order valence-electron chi connectivity index (χ2n) is 5.75. The molecule has 1 saturated heterocycles. The van der Waals surface area contributed by atoms with Crippen molar-refractivity contribution < 1.29 is 18.3 Å². The Morgan fingerprint density at radius 1 is 1.33 bits per heavy atom. The predicted octanol–water partition coefficient (Wildman–Crippen LogP) is 2.54. The van der Waals surface area contributed by atoms with Crippen LogP contribution in [0.5, 0.6) is 0 Å². The van der Waals surface area contributed by atoms with Crippen LogP contribution in [0.4, 0.5) is 8.78 Å². The summed E-state index contributed by atoms with van der Waals surface area (Å²) in [6.07, 6.45) is 1.54. The average Bonchev–Trinajstić information content (AvgIpc) is 2.75. The molecular formula is C16H23F2NO2. The molecule has 1 heterocycles. The van der Waals surface area contributed by atoms with E-state index in [0.29, 0.717) is 25.2 Å². The Morgan fingerprint density at radius 2 is 2.05 bits per heavy atom. The van der Waals surface area contributed by atoms with E-state index < -0.39 is 11.6 Å². The molecule has 1 aromatic rings. The summed E-state index contributed by atoms with van der Waals surface area (Å²) in [6.45, 7) is 4.85. The monoisotopic (exact) mass is 299 g/mol. The summed E-state index contributed by atoms with van der Waals surface area (Å²) in [4.78, 5) is 0. The average molecular weight is 299 g/mol. The highest BCUT2D eigenvalue weighted by Crippen LogP contribution is 2.38. The first kappa shape index (κ1) is 16.3. The molecule has 0 amide bonds. The zero-order chi connectivity index (χ0) is 15.3. The number of rotatable bonds is 7. The first-order chi connectivity index (χ1) is 10.1. The highest BCUT2D eigenvalue weighted by atomic mass is 19.1. The van der Waals surface area contributed by atoms with E-state index in [2.05, 4.69) is 5.32 Å². The fourth-order valence-electron chi connectivity index (χ4n) is 2.98. The highest BCUT2D eigenvalue weighted by Gasteiger charge is 2.41. The minimum atomic E-state index is -0.529. The lowest BCUT2D eigenvalue weighted by atomic mass is 9.76. The van der Waals surface area contributed by atoms with Gasteiger partial charge < -0.3 is 14.8 Å². The molecule has 2 unspecified atom stereocenters. The molecule has 5 heteroatoms. The largest absolute Gasteiger partial charge is 0.383 e. The zero-order valence-electron chi connectivity index (χ0n) is 12.6. The number of methoxy groups -OCH3 is 1. The van der Waals surface area contributed by atoms with Crippen molar-refractivity contribution >= 4 is 0 Å². The van der Waals surface area contributed by atoms with Gasteiger partial charge in [-0.1, -0.05) is 0 Å². The van der Waals surface area contributed by atoms with Gasteiger partial charge in [0.25, 0.3) is 0 Å². The molecule has 0 saturated carbocycles. The molecule has 0 bridgehead atoms. The number of halogens is 2. The van der Waals surface area contributed by atoms with Crippen molar-refractivity contribution in [1.29, 1.82) is 0 Å². The Bertz CT molecular complexity index is 449. The molecule has 1 aromatic carbocycles. The Kier molecular flexibility index (Phi) is 5.67. The number of ether oxygens (including phenoxy) is 2. The van der Waals surface area contributed by atoms with Crippen LogP contribution in [0.2, 0.25) is 0 Å². The quantitative estimate of drug-likeness (QED) is 0.785. The molecule has 2 atom stereocenters. The van der Waals surface area contributed by atoms with Crippen LogP contribution in [0.25, 0.3) is 0 Å². The molecular weight excluding hydrogens is 276 g/mol. The Balaban J connectivity index is 2.08. The van der Waals surface area contributed by atoms with E-state index in [-0.39, 0.29) is 11.5 Å². The first-order valence-corrected chi connectivity index (χ1v) is 7.32. The summed E-state index contributed by atoms with van der Waals surface area (Å²) in [5.41, 5.74) is 0.548. The molecule has 3 nitrogen and oxygen atoms in total. The second kappa shape index (κ2) is 7.29. The van der Waals surface area contributed by atoms with Gasteiger partial charge in [0.05, 0.1) is 12.7 Å². The van der Waals surface area contributed by atoms with Crippen molar-refractivity contribution in [3.05, 3.63) is 35.4 Å². The van der Waals surface area contributed by atoms with Gasteiger partial charge in [-0.3, -0.25) is 0 Å².